The zero-order chi connectivity index (χ0) is 6.41. The van der Waals surface area contributed by atoms with E-state index in [9.17, 15) is 0 Å². The summed E-state index contributed by atoms with van der Waals surface area (Å²) in [7, 11) is 1.67. The molecule has 0 aliphatic rings. The average Bonchev–Trinajstić information content (AvgIpc) is 1.83. The van der Waals surface area contributed by atoms with Crippen LogP contribution in [0.5, 0.6) is 0 Å². The molecular formula is C6H11ClO. The molecule has 1 nitrogen and oxygen atoms in total. The third-order valence-electron chi connectivity index (χ3n) is 0.849. The van der Waals surface area contributed by atoms with Crippen molar-refractivity contribution < 1.29 is 4.74 Å². The van der Waals surface area contributed by atoms with Crippen molar-refractivity contribution in [1.29, 1.82) is 0 Å². The number of methoxy groups -OCH3 is 1. The van der Waals surface area contributed by atoms with Gasteiger partial charge in [0.2, 0.25) is 0 Å². The highest BCUT2D eigenvalue weighted by molar-refractivity contribution is 6.19. The lowest BCUT2D eigenvalue weighted by atomic mass is 10.3. The number of halogens is 1. The summed E-state index contributed by atoms with van der Waals surface area (Å²) in [6.45, 7) is 4.43. The molecule has 2 heteroatoms. The van der Waals surface area contributed by atoms with E-state index in [4.69, 9.17) is 16.3 Å². The van der Waals surface area contributed by atoms with Gasteiger partial charge in [-0.05, 0) is 6.42 Å². The van der Waals surface area contributed by atoms with Crippen LogP contribution in [-0.2, 0) is 4.74 Å². The SMILES string of the molecule is C=C(CCl)CCOC. The maximum atomic E-state index is 5.43. The molecule has 0 N–H and O–H groups in total. The zero-order valence-corrected chi connectivity index (χ0v) is 5.87. The van der Waals surface area contributed by atoms with Gasteiger partial charge in [-0.3, -0.25) is 0 Å². The molecule has 0 heterocycles. The van der Waals surface area contributed by atoms with E-state index in [1.54, 1.807) is 7.11 Å². The third kappa shape index (κ3) is 4.16. The molecule has 0 radical (unpaired) electrons. The first kappa shape index (κ1) is 7.99. The maximum Gasteiger partial charge on any atom is 0.0499 e. The molecule has 0 atom stereocenters. The lowest BCUT2D eigenvalue weighted by molar-refractivity contribution is 0.202. The molecule has 0 aromatic rings. The average molecular weight is 135 g/mol. The molecular weight excluding hydrogens is 124 g/mol. The number of rotatable bonds is 4. The quantitative estimate of drug-likeness (QED) is 0.421. The van der Waals surface area contributed by atoms with Gasteiger partial charge in [0.25, 0.3) is 0 Å². The standard InChI is InChI=1S/C6H11ClO/c1-6(5-7)3-4-8-2/h1,3-5H2,2H3. The van der Waals surface area contributed by atoms with Crippen molar-refractivity contribution >= 4 is 11.6 Å². The smallest absolute Gasteiger partial charge is 0.0499 e. The highest BCUT2D eigenvalue weighted by Gasteiger charge is 1.88. The molecule has 0 rings (SSSR count). The Morgan fingerprint density at radius 1 is 1.75 bits per heavy atom. The van der Waals surface area contributed by atoms with Gasteiger partial charge < -0.3 is 4.74 Å². The Balaban J connectivity index is 2.99. The molecule has 0 aliphatic heterocycles. The molecule has 0 unspecified atom stereocenters. The molecule has 0 saturated carbocycles. The van der Waals surface area contributed by atoms with Crippen LogP contribution in [0, 0.1) is 0 Å². The Morgan fingerprint density at radius 3 is 2.75 bits per heavy atom. The van der Waals surface area contributed by atoms with Gasteiger partial charge in [0.05, 0.1) is 0 Å². The zero-order valence-electron chi connectivity index (χ0n) is 5.11. The van der Waals surface area contributed by atoms with Crippen molar-refractivity contribution in [3.63, 3.8) is 0 Å². The fraction of sp³-hybridized carbons (Fsp3) is 0.667. The topological polar surface area (TPSA) is 9.23 Å². The first-order valence-electron chi connectivity index (χ1n) is 2.52. The van der Waals surface area contributed by atoms with E-state index in [-0.39, 0.29) is 0 Å². The van der Waals surface area contributed by atoms with Crippen molar-refractivity contribution in [2.75, 3.05) is 19.6 Å². The number of ether oxygens (including phenoxy) is 1. The highest BCUT2D eigenvalue weighted by Crippen LogP contribution is 1.98. The van der Waals surface area contributed by atoms with Crippen molar-refractivity contribution in [3.05, 3.63) is 12.2 Å². The number of hydrogen-bond acceptors (Lipinski definition) is 1. The number of hydrogen-bond donors (Lipinski definition) is 0. The summed E-state index contributed by atoms with van der Waals surface area (Å²) in [5, 5.41) is 0. The predicted octanol–water partition coefficient (Wildman–Crippen LogP) is 1.82. The molecule has 0 fully saturated rings. The fourth-order valence-electron chi connectivity index (χ4n) is 0.313. The van der Waals surface area contributed by atoms with Crippen molar-refractivity contribution in [3.8, 4) is 0 Å². The summed E-state index contributed by atoms with van der Waals surface area (Å²) in [4.78, 5) is 0. The van der Waals surface area contributed by atoms with Crippen LogP contribution in [-0.4, -0.2) is 19.6 Å². The van der Waals surface area contributed by atoms with Crippen LogP contribution >= 0.6 is 11.6 Å². The first-order chi connectivity index (χ1) is 3.81. The second kappa shape index (κ2) is 5.13. The third-order valence-corrected chi connectivity index (χ3v) is 1.23. The second-order valence-corrected chi connectivity index (χ2v) is 1.89. The summed E-state index contributed by atoms with van der Waals surface area (Å²) < 4.78 is 4.79. The molecule has 0 saturated heterocycles. The lowest BCUT2D eigenvalue weighted by Gasteiger charge is -1.97. The second-order valence-electron chi connectivity index (χ2n) is 1.63. The monoisotopic (exact) mass is 134 g/mol. The van der Waals surface area contributed by atoms with Crippen LogP contribution < -0.4 is 0 Å². The summed E-state index contributed by atoms with van der Waals surface area (Å²) >= 11 is 5.43. The van der Waals surface area contributed by atoms with Crippen LogP contribution in [0.15, 0.2) is 12.2 Å². The Bertz CT molecular complexity index is 70.9. The van der Waals surface area contributed by atoms with Gasteiger partial charge in [0.15, 0.2) is 0 Å². The van der Waals surface area contributed by atoms with E-state index >= 15 is 0 Å². The van der Waals surface area contributed by atoms with Crippen LogP contribution in [0.3, 0.4) is 0 Å². The minimum atomic E-state index is 0.545. The molecule has 0 bridgehead atoms. The Hall–Kier alpha value is -0.0100. The van der Waals surface area contributed by atoms with E-state index in [1.165, 1.54) is 0 Å². The summed E-state index contributed by atoms with van der Waals surface area (Å²) in [6, 6.07) is 0. The molecule has 0 aromatic carbocycles. The van der Waals surface area contributed by atoms with Gasteiger partial charge in [-0.25, -0.2) is 0 Å². The van der Waals surface area contributed by atoms with Crippen molar-refractivity contribution in [2.45, 2.75) is 6.42 Å². The largest absolute Gasteiger partial charge is 0.384 e. The Morgan fingerprint density at radius 2 is 2.38 bits per heavy atom. The van der Waals surface area contributed by atoms with E-state index in [2.05, 4.69) is 6.58 Å². The maximum absolute atomic E-state index is 5.43. The van der Waals surface area contributed by atoms with E-state index in [1.807, 2.05) is 0 Å². The first-order valence-corrected chi connectivity index (χ1v) is 3.06. The Labute approximate surface area is 55.3 Å². The van der Waals surface area contributed by atoms with Crippen LogP contribution in [0.4, 0.5) is 0 Å². The predicted molar refractivity (Wildman–Crippen MR) is 36.4 cm³/mol. The van der Waals surface area contributed by atoms with Crippen LogP contribution in [0.25, 0.3) is 0 Å². The highest BCUT2D eigenvalue weighted by atomic mass is 35.5. The van der Waals surface area contributed by atoms with Crippen molar-refractivity contribution in [1.82, 2.24) is 0 Å². The summed E-state index contributed by atoms with van der Waals surface area (Å²) in [6.07, 6.45) is 0.875. The van der Waals surface area contributed by atoms with Crippen LogP contribution in [0.1, 0.15) is 6.42 Å². The van der Waals surface area contributed by atoms with Gasteiger partial charge in [-0.2, -0.15) is 0 Å². The summed E-state index contributed by atoms with van der Waals surface area (Å²) in [5.74, 6) is 0.545. The van der Waals surface area contributed by atoms with Gasteiger partial charge in [-0.1, -0.05) is 12.2 Å². The molecule has 8 heavy (non-hydrogen) atoms. The van der Waals surface area contributed by atoms with Gasteiger partial charge in [0, 0.05) is 19.6 Å². The fourth-order valence-corrected chi connectivity index (χ4v) is 0.447. The van der Waals surface area contributed by atoms with E-state index < -0.39 is 0 Å². The van der Waals surface area contributed by atoms with Gasteiger partial charge in [-0.15, -0.1) is 11.6 Å². The lowest BCUT2D eigenvalue weighted by Crippen LogP contribution is -1.91. The summed E-state index contributed by atoms with van der Waals surface area (Å²) in [5.41, 5.74) is 1.04. The minimum Gasteiger partial charge on any atom is -0.384 e. The van der Waals surface area contributed by atoms with E-state index in [0.29, 0.717) is 5.88 Å². The normalized spacial score (nSPS) is 9.25. The molecule has 48 valence electrons. The van der Waals surface area contributed by atoms with E-state index in [0.717, 1.165) is 18.6 Å². The van der Waals surface area contributed by atoms with Gasteiger partial charge >= 0.3 is 0 Å². The minimum absolute atomic E-state index is 0.545. The Kier molecular flexibility index (Phi) is 5.13. The molecule has 0 spiro atoms. The van der Waals surface area contributed by atoms with Gasteiger partial charge in [0.1, 0.15) is 0 Å². The van der Waals surface area contributed by atoms with Crippen LogP contribution in [0.2, 0.25) is 0 Å². The molecule has 0 amide bonds. The molecule has 0 aliphatic carbocycles. The van der Waals surface area contributed by atoms with Crippen molar-refractivity contribution in [2.24, 2.45) is 0 Å². The number of alkyl halides is 1. The molecule has 0 aromatic heterocycles.